The largest absolute Gasteiger partial charge is 0.454 e. The third kappa shape index (κ3) is 3.92. The molecule has 2 aliphatic heterocycles. The van der Waals surface area contributed by atoms with Gasteiger partial charge in [0.25, 0.3) is 11.1 Å². The molecule has 0 bridgehead atoms. The Labute approximate surface area is 172 Å². The lowest BCUT2D eigenvalue weighted by atomic mass is 10.1. The highest BCUT2D eigenvalue weighted by molar-refractivity contribution is 8.18. The minimum absolute atomic E-state index is 0.0621. The van der Waals surface area contributed by atoms with Gasteiger partial charge in [-0.3, -0.25) is 14.5 Å². The molecule has 0 N–H and O–H groups in total. The van der Waals surface area contributed by atoms with Crippen LogP contribution in [0.4, 0.5) is 18.0 Å². The summed E-state index contributed by atoms with van der Waals surface area (Å²) in [5.74, 6) is 0.403. The van der Waals surface area contributed by atoms with Crippen LogP contribution in [0.25, 0.3) is 6.08 Å². The molecule has 4 rings (SSSR count). The molecule has 2 aromatic carbocycles. The van der Waals surface area contributed by atoms with Crippen molar-refractivity contribution in [2.24, 2.45) is 0 Å². The fourth-order valence-corrected chi connectivity index (χ4v) is 3.86. The fourth-order valence-electron chi connectivity index (χ4n) is 2.81. The number of hydrogen-bond donors (Lipinski definition) is 0. The summed E-state index contributed by atoms with van der Waals surface area (Å²) < 4.78 is 48.5. The minimum atomic E-state index is -4.44. The van der Waals surface area contributed by atoms with Crippen LogP contribution in [0.3, 0.4) is 0 Å². The summed E-state index contributed by atoms with van der Waals surface area (Å²) in [6, 6.07) is 7.48. The lowest BCUT2D eigenvalue weighted by molar-refractivity contribution is -0.137. The van der Waals surface area contributed by atoms with E-state index in [-0.39, 0.29) is 18.2 Å². The third-order valence-electron chi connectivity index (χ3n) is 4.28. The van der Waals surface area contributed by atoms with Gasteiger partial charge in [0.15, 0.2) is 11.5 Å². The van der Waals surface area contributed by atoms with Gasteiger partial charge in [0, 0.05) is 11.1 Å². The van der Waals surface area contributed by atoms with Crippen molar-refractivity contribution in [2.45, 2.75) is 12.7 Å². The number of amides is 2. The SMILES string of the molecule is O=C1S/C(=C/c2ccc(C(F)(F)F)cc2)C(=O)N1Cc1cc2c(cc1Cl)OCO2. The second kappa shape index (κ2) is 7.31. The van der Waals surface area contributed by atoms with Crippen LogP contribution in [0, 0.1) is 0 Å². The van der Waals surface area contributed by atoms with Gasteiger partial charge in [-0.1, -0.05) is 23.7 Å². The monoisotopic (exact) mass is 441 g/mol. The van der Waals surface area contributed by atoms with Gasteiger partial charge in [-0.05, 0) is 47.2 Å². The first-order valence-electron chi connectivity index (χ1n) is 8.23. The van der Waals surface area contributed by atoms with Gasteiger partial charge in [0.2, 0.25) is 6.79 Å². The normalized spacial score (nSPS) is 17.5. The maximum absolute atomic E-state index is 12.7. The van der Waals surface area contributed by atoms with Crippen molar-refractivity contribution in [1.29, 1.82) is 0 Å². The zero-order chi connectivity index (χ0) is 20.8. The standard InChI is InChI=1S/C19H11ClF3NO4S/c20-13-7-15-14(27-9-28-15)6-11(13)8-24-17(25)16(29-18(24)26)5-10-1-3-12(4-2-10)19(21,22)23/h1-7H,8-9H2/b16-5+. The van der Waals surface area contributed by atoms with Crippen LogP contribution in [-0.4, -0.2) is 22.8 Å². The number of thioether (sulfide) groups is 1. The van der Waals surface area contributed by atoms with Gasteiger partial charge in [-0.25, -0.2) is 0 Å². The number of ether oxygens (including phenoxy) is 2. The molecule has 0 aliphatic carbocycles. The maximum atomic E-state index is 12.7. The van der Waals surface area contributed by atoms with Gasteiger partial charge in [0.05, 0.1) is 17.0 Å². The van der Waals surface area contributed by atoms with Crippen molar-refractivity contribution in [3.63, 3.8) is 0 Å². The van der Waals surface area contributed by atoms with Gasteiger partial charge in [-0.15, -0.1) is 0 Å². The first-order valence-corrected chi connectivity index (χ1v) is 9.42. The van der Waals surface area contributed by atoms with Crippen molar-refractivity contribution in [3.05, 3.63) is 63.0 Å². The number of hydrogen-bond acceptors (Lipinski definition) is 5. The number of imide groups is 1. The number of carbonyl (C=O) groups excluding carboxylic acids is 2. The number of benzene rings is 2. The number of fused-ring (bicyclic) bond motifs is 1. The Morgan fingerprint density at radius 2 is 1.76 bits per heavy atom. The van der Waals surface area contributed by atoms with E-state index in [1.165, 1.54) is 18.2 Å². The molecule has 150 valence electrons. The van der Waals surface area contributed by atoms with Crippen LogP contribution < -0.4 is 9.47 Å². The Morgan fingerprint density at radius 1 is 1.10 bits per heavy atom. The molecule has 0 spiro atoms. The van der Waals surface area contributed by atoms with Crippen molar-refractivity contribution in [1.82, 2.24) is 4.90 Å². The Kier molecular flexibility index (Phi) is 4.95. The van der Waals surface area contributed by atoms with Gasteiger partial charge < -0.3 is 9.47 Å². The molecule has 2 heterocycles. The first-order chi connectivity index (χ1) is 13.7. The summed E-state index contributed by atoms with van der Waals surface area (Å²) in [6.07, 6.45) is -3.06. The Morgan fingerprint density at radius 3 is 2.41 bits per heavy atom. The van der Waals surface area contributed by atoms with Crippen LogP contribution in [0.1, 0.15) is 16.7 Å². The smallest absolute Gasteiger partial charge is 0.416 e. The molecule has 10 heteroatoms. The summed E-state index contributed by atoms with van der Waals surface area (Å²) in [4.78, 5) is 26.1. The molecule has 0 aromatic heterocycles. The van der Waals surface area contributed by atoms with Crippen molar-refractivity contribution in [2.75, 3.05) is 6.79 Å². The first kappa shape index (κ1) is 19.7. The Bertz CT molecular complexity index is 1040. The number of rotatable bonds is 3. The van der Waals surface area contributed by atoms with E-state index in [0.29, 0.717) is 39.4 Å². The predicted octanol–water partition coefficient (Wildman–Crippen LogP) is 5.32. The zero-order valence-electron chi connectivity index (χ0n) is 14.5. The van der Waals surface area contributed by atoms with Gasteiger partial charge in [0.1, 0.15) is 0 Å². The van der Waals surface area contributed by atoms with Crippen molar-refractivity contribution in [3.8, 4) is 11.5 Å². The molecule has 2 amide bonds. The van der Waals surface area contributed by atoms with Crippen LogP contribution >= 0.6 is 23.4 Å². The molecule has 1 saturated heterocycles. The topological polar surface area (TPSA) is 55.8 Å². The molecule has 0 unspecified atom stereocenters. The molecule has 2 aliphatic rings. The van der Waals surface area contributed by atoms with E-state index in [1.54, 1.807) is 12.1 Å². The molecular formula is C19H11ClF3NO4S. The predicted molar refractivity (Wildman–Crippen MR) is 101 cm³/mol. The van der Waals surface area contributed by atoms with E-state index >= 15 is 0 Å². The van der Waals surface area contributed by atoms with E-state index in [0.717, 1.165) is 17.0 Å². The molecule has 0 radical (unpaired) electrons. The average Bonchev–Trinajstić information content (AvgIpc) is 3.21. The maximum Gasteiger partial charge on any atom is 0.416 e. The van der Waals surface area contributed by atoms with E-state index in [1.807, 2.05) is 0 Å². The van der Waals surface area contributed by atoms with Crippen LogP contribution in [0.2, 0.25) is 5.02 Å². The number of halogens is 4. The molecule has 0 saturated carbocycles. The minimum Gasteiger partial charge on any atom is -0.454 e. The summed E-state index contributed by atoms with van der Waals surface area (Å²) in [7, 11) is 0. The molecule has 1 fully saturated rings. The summed E-state index contributed by atoms with van der Waals surface area (Å²) in [5, 5.41) is -0.179. The van der Waals surface area contributed by atoms with E-state index in [4.69, 9.17) is 21.1 Å². The molecule has 2 aromatic rings. The van der Waals surface area contributed by atoms with Crippen molar-refractivity contribution >= 4 is 40.6 Å². The summed E-state index contributed by atoms with van der Waals surface area (Å²) in [5.41, 5.74) is 0.0961. The van der Waals surface area contributed by atoms with E-state index < -0.39 is 22.9 Å². The highest BCUT2D eigenvalue weighted by Gasteiger charge is 2.36. The second-order valence-electron chi connectivity index (χ2n) is 6.18. The van der Waals surface area contributed by atoms with E-state index in [9.17, 15) is 22.8 Å². The van der Waals surface area contributed by atoms with Crippen LogP contribution in [0.5, 0.6) is 11.5 Å². The number of nitrogens with zero attached hydrogens (tertiary/aromatic N) is 1. The third-order valence-corrected chi connectivity index (χ3v) is 5.54. The number of alkyl halides is 3. The highest BCUT2D eigenvalue weighted by atomic mass is 35.5. The molecule has 29 heavy (non-hydrogen) atoms. The van der Waals surface area contributed by atoms with Gasteiger partial charge >= 0.3 is 6.18 Å². The molecule has 0 atom stereocenters. The number of carbonyl (C=O) groups is 2. The lowest BCUT2D eigenvalue weighted by Crippen LogP contribution is -2.27. The lowest BCUT2D eigenvalue weighted by Gasteiger charge is -2.14. The van der Waals surface area contributed by atoms with Crippen LogP contribution in [0.15, 0.2) is 41.3 Å². The zero-order valence-corrected chi connectivity index (χ0v) is 16.0. The van der Waals surface area contributed by atoms with E-state index in [2.05, 4.69) is 0 Å². The average molecular weight is 442 g/mol. The fraction of sp³-hybridized carbons (Fsp3) is 0.158. The summed E-state index contributed by atoms with van der Waals surface area (Å²) >= 11 is 6.92. The van der Waals surface area contributed by atoms with Crippen molar-refractivity contribution < 1.29 is 32.2 Å². The van der Waals surface area contributed by atoms with Crippen LogP contribution in [-0.2, 0) is 17.5 Å². The summed E-state index contributed by atoms with van der Waals surface area (Å²) in [6.45, 7) is -0.00293. The highest BCUT2D eigenvalue weighted by Crippen LogP contribution is 2.39. The second-order valence-corrected chi connectivity index (χ2v) is 7.58. The van der Waals surface area contributed by atoms with Gasteiger partial charge in [-0.2, -0.15) is 13.2 Å². The quantitative estimate of drug-likeness (QED) is 0.603. The Hall–Kier alpha value is -2.65. The molecular weight excluding hydrogens is 431 g/mol. The Balaban J connectivity index is 1.54. The molecule has 5 nitrogen and oxygen atoms in total.